The maximum atomic E-state index is 12.1. The summed E-state index contributed by atoms with van der Waals surface area (Å²) >= 11 is 0. The topological polar surface area (TPSA) is 46.5 Å². The number of hydrogen-bond acceptors (Lipinski definition) is 2. The summed E-state index contributed by atoms with van der Waals surface area (Å²) in [7, 11) is 0. The highest BCUT2D eigenvalue weighted by Crippen LogP contribution is 2.26. The standard InChI is InChI=1S/C12H12F2O3/c1-7-5-9(3-4-10(15)16)6-8(2)11(7)17-12(13)14/h3-6,12H,1-2H3,(H,15,16)/b4-3+. The van der Waals surface area contributed by atoms with Crippen molar-refractivity contribution in [3.63, 3.8) is 0 Å². The van der Waals surface area contributed by atoms with E-state index in [-0.39, 0.29) is 5.75 Å². The van der Waals surface area contributed by atoms with Crippen molar-refractivity contribution in [2.75, 3.05) is 0 Å². The van der Waals surface area contributed by atoms with Crippen LogP contribution in [0.3, 0.4) is 0 Å². The molecule has 5 heteroatoms. The fraction of sp³-hybridized carbons (Fsp3) is 0.250. The fourth-order valence-electron chi connectivity index (χ4n) is 1.52. The molecule has 0 unspecified atom stereocenters. The third kappa shape index (κ3) is 3.86. The maximum absolute atomic E-state index is 12.1. The molecular weight excluding hydrogens is 230 g/mol. The summed E-state index contributed by atoms with van der Waals surface area (Å²) in [5, 5.41) is 8.48. The molecule has 17 heavy (non-hydrogen) atoms. The highest BCUT2D eigenvalue weighted by atomic mass is 19.3. The first-order valence-corrected chi connectivity index (χ1v) is 4.87. The Balaban J connectivity index is 3.05. The van der Waals surface area contributed by atoms with Crippen LogP contribution in [0.1, 0.15) is 16.7 Å². The molecule has 0 aliphatic rings. The van der Waals surface area contributed by atoms with Crippen molar-refractivity contribution >= 4 is 12.0 Å². The van der Waals surface area contributed by atoms with Crippen molar-refractivity contribution in [3.05, 3.63) is 34.9 Å². The largest absolute Gasteiger partial charge is 0.478 e. The normalized spacial score (nSPS) is 11.1. The molecule has 0 radical (unpaired) electrons. The highest BCUT2D eigenvalue weighted by Gasteiger charge is 2.10. The Labute approximate surface area is 97.3 Å². The maximum Gasteiger partial charge on any atom is 0.387 e. The van der Waals surface area contributed by atoms with E-state index < -0.39 is 12.6 Å². The Kier molecular flexibility index (Phi) is 4.20. The van der Waals surface area contributed by atoms with Crippen LogP contribution in [0.15, 0.2) is 18.2 Å². The highest BCUT2D eigenvalue weighted by molar-refractivity contribution is 5.85. The summed E-state index contributed by atoms with van der Waals surface area (Å²) in [5.41, 5.74) is 1.70. The van der Waals surface area contributed by atoms with E-state index in [1.807, 2.05) is 0 Å². The molecule has 0 fully saturated rings. The average molecular weight is 242 g/mol. The van der Waals surface area contributed by atoms with E-state index in [2.05, 4.69) is 4.74 Å². The van der Waals surface area contributed by atoms with Gasteiger partial charge in [0.1, 0.15) is 5.75 Å². The summed E-state index contributed by atoms with van der Waals surface area (Å²) in [6.45, 7) is 0.388. The van der Waals surface area contributed by atoms with Crippen molar-refractivity contribution in [1.82, 2.24) is 0 Å². The van der Waals surface area contributed by atoms with Gasteiger partial charge in [0.2, 0.25) is 0 Å². The van der Waals surface area contributed by atoms with Crippen LogP contribution in [0.4, 0.5) is 8.78 Å². The Hall–Kier alpha value is -1.91. The Morgan fingerprint density at radius 3 is 2.29 bits per heavy atom. The number of ether oxygens (including phenoxy) is 1. The van der Waals surface area contributed by atoms with Gasteiger partial charge in [-0.25, -0.2) is 4.79 Å². The first-order chi connectivity index (χ1) is 7.90. The average Bonchev–Trinajstić information content (AvgIpc) is 2.20. The van der Waals surface area contributed by atoms with Gasteiger partial charge < -0.3 is 9.84 Å². The molecule has 0 bridgehead atoms. The van der Waals surface area contributed by atoms with E-state index in [9.17, 15) is 13.6 Å². The van der Waals surface area contributed by atoms with Crippen LogP contribution in [0.2, 0.25) is 0 Å². The lowest BCUT2D eigenvalue weighted by Gasteiger charge is -2.11. The van der Waals surface area contributed by atoms with Gasteiger partial charge in [-0.15, -0.1) is 0 Å². The van der Waals surface area contributed by atoms with Crippen molar-refractivity contribution in [3.8, 4) is 5.75 Å². The van der Waals surface area contributed by atoms with Crippen LogP contribution in [0.25, 0.3) is 6.08 Å². The predicted octanol–water partition coefficient (Wildman–Crippen LogP) is 3.00. The lowest BCUT2D eigenvalue weighted by Crippen LogP contribution is -2.05. The van der Waals surface area contributed by atoms with E-state index in [1.54, 1.807) is 26.0 Å². The minimum Gasteiger partial charge on any atom is -0.478 e. The van der Waals surface area contributed by atoms with E-state index in [0.29, 0.717) is 16.7 Å². The van der Waals surface area contributed by atoms with Gasteiger partial charge in [-0.05, 0) is 48.7 Å². The summed E-state index contributed by atoms with van der Waals surface area (Å²) < 4.78 is 28.6. The fourth-order valence-corrected chi connectivity index (χ4v) is 1.52. The van der Waals surface area contributed by atoms with Crippen LogP contribution in [-0.4, -0.2) is 17.7 Å². The number of benzene rings is 1. The smallest absolute Gasteiger partial charge is 0.387 e. The summed E-state index contributed by atoms with van der Waals surface area (Å²) in [6, 6.07) is 3.17. The Morgan fingerprint density at radius 2 is 1.88 bits per heavy atom. The molecule has 0 heterocycles. The molecule has 0 saturated heterocycles. The number of hydrogen-bond donors (Lipinski definition) is 1. The molecule has 0 aliphatic carbocycles. The molecule has 0 saturated carbocycles. The molecular formula is C12H12F2O3. The van der Waals surface area contributed by atoms with Gasteiger partial charge in [-0.2, -0.15) is 8.78 Å². The number of carboxylic acid groups (broad SMARTS) is 1. The van der Waals surface area contributed by atoms with Crippen molar-refractivity contribution < 1.29 is 23.4 Å². The van der Waals surface area contributed by atoms with Crippen molar-refractivity contribution in [1.29, 1.82) is 0 Å². The number of carboxylic acids is 1. The second kappa shape index (κ2) is 5.43. The van der Waals surface area contributed by atoms with E-state index in [0.717, 1.165) is 6.08 Å². The third-order valence-corrected chi connectivity index (χ3v) is 2.11. The van der Waals surface area contributed by atoms with Crippen LogP contribution < -0.4 is 4.74 Å². The third-order valence-electron chi connectivity index (χ3n) is 2.11. The molecule has 3 nitrogen and oxygen atoms in total. The lowest BCUT2D eigenvalue weighted by molar-refractivity contribution is -0.131. The van der Waals surface area contributed by atoms with Crippen LogP contribution in [0, 0.1) is 13.8 Å². The molecule has 0 spiro atoms. The quantitative estimate of drug-likeness (QED) is 0.825. The molecule has 0 amide bonds. The molecule has 1 aromatic rings. The van der Waals surface area contributed by atoms with Gasteiger partial charge in [0, 0.05) is 6.08 Å². The summed E-state index contributed by atoms with van der Waals surface area (Å²) in [5.74, 6) is -0.930. The molecule has 1 N–H and O–H groups in total. The second-order valence-electron chi connectivity index (χ2n) is 3.53. The molecule has 0 aromatic heterocycles. The van der Waals surface area contributed by atoms with E-state index in [1.165, 1.54) is 6.08 Å². The van der Waals surface area contributed by atoms with Gasteiger partial charge >= 0.3 is 12.6 Å². The van der Waals surface area contributed by atoms with E-state index in [4.69, 9.17) is 5.11 Å². The van der Waals surface area contributed by atoms with Crippen molar-refractivity contribution in [2.45, 2.75) is 20.5 Å². The zero-order chi connectivity index (χ0) is 13.0. The summed E-state index contributed by atoms with van der Waals surface area (Å²) in [6.07, 6.45) is 2.39. The SMILES string of the molecule is Cc1cc(/C=C/C(=O)O)cc(C)c1OC(F)F. The van der Waals surface area contributed by atoms with Gasteiger partial charge in [0.15, 0.2) is 0 Å². The molecule has 92 valence electrons. The van der Waals surface area contributed by atoms with Crippen LogP contribution in [0.5, 0.6) is 5.75 Å². The minimum absolute atomic E-state index is 0.132. The first-order valence-electron chi connectivity index (χ1n) is 4.87. The zero-order valence-electron chi connectivity index (χ0n) is 9.41. The lowest BCUT2D eigenvalue weighted by atomic mass is 10.1. The predicted molar refractivity (Wildman–Crippen MR) is 59.2 cm³/mol. The van der Waals surface area contributed by atoms with Gasteiger partial charge in [-0.1, -0.05) is 0 Å². The van der Waals surface area contributed by atoms with Gasteiger partial charge in [0.25, 0.3) is 0 Å². The Bertz CT molecular complexity index is 430. The number of rotatable bonds is 4. The minimum atomic E-state index is -2.87. The Morgan fingerprint density at radius 1 is 1.35 bits per heavy atom. The molecule has 0 aliphatic heterocycles. The monoisotopic (exact) mass is 242 g/mol. The number of halogens is 2. The molecule has 0 atom stereocenters. The summed E-state index contributed by atoms with van der Waals surface area (Å²) in [4.78, 5) is 10.3. The number of aliphatic carboxylic acids is 1. The first kappa shape index (κ1) is 13.2. The van der Waals surface area contributed by atoms with Gasteiger partial charge in [0.05, 0.1) is 0 Å². The molecule has 1 rings (SSSR count). The van der Waals surface area contributed by atoms with Gasteiger partial charge in [-0.3, -0.25) is 0 Å². The second-order valence-corrected chi connectivity index (χ2v) is 3.53. The molecule has 1 aromatic carbocycles. The van der Waals surface area contributed by atoms with Crippen LogP contribution in [-0.2, 0) is 4.79 Å². The number of carbonyl (C=O) groups is 1. The number of aryl methyl sites for hydroxylation is 2. The number of alkyl halides is 2. The van der Waals surface area contributed by atoms with Crippen molar-refractivity contribution in [2.24, 2.45) is 0 Å². The van der Waals surface area contributed by atoms with E-state index >= 15 is 0 Å². The zero-order valence-corrected chi connectivity index (χ0v) is 9.41. The van der Waals surface area contributed by atoms with Crippen LogP contribution >= 0.6 is 0 Å².